The van der Waals surface area contributed by atoms with Gasteiger partial charge in [0, 0.05) is 0 Å². The lowest BCUT2D eigenvalue weighted by atomic mass is 9.97. The van der Waals surface area contributed by atoms with Crippen molar-refractivity contribution in [1.82, 2.24) is 0 Å². The first kappa shape index (κ1) is 23.0. The van der Waals surface area contributed by atoms with Crippen molar-refractivity contribution in [2.75, 3.05) is 0 Å². The standard InChI is InChI=1S/C22H34O5/c1-4-7-10-17-13-16(14-18(20(17)23)11-8-5-2)15-27-22(26)19(21(24)25)12-9-6-3/h13-14,19,23H,4-12,15H2,1-3H3,(H,24,25). The van der Waals surface area contributed by atoms with E-state index in [1.54, 1.807) is 0 Å². The molecule has 0 bridgehead atoms. The number of phenolic OH excluding ortho intramolecular Hbond substituents is 1. The zero-order valence-electron chi connectivity index (χ0n) is 16.9. The van der Waals surface area contributed by atoms with Crippen molar-refractivity contribution in [3.8, 4) is 5.75 Å². The number of carbonyl (C=O) groups is 2. The third-order valence-corrected chi connectivity index (χ3v) is 4.74. The fraction of sp³-hybridized carbons (Fsp3) is 0.636. The molecule has 0 aromatic heterocycles. The van der Waals surface area contributed by atoms with Crippen LogP contribution in [0.3, 0.4) is 0 Å². The minimum atomic E-state index is -1.13. The molecule has 1 atom stereocenters. The van der Waals surface area contributed by atoms with E-state index in [0.29, 0.717) is 18.6 Å². The van der Waals surface area contributed by atoms with Crippen molar-refractivity contribution < 1.29 is 24.5 Å². The molecule has 0 amide bonds. The van der Waals surface area contributed by atoms with Crippen LogP contribution in [0.1, 0.15) is 82.4 Å². The van der Waals surface area contributed by atoms with Crippen molar-refractivity contribution >= 4 is 11.9 Å². The predicted octanol–water partition coefficient (Wildman–Crippen LogP) is 5.01. The van der Waals surface area contributed by atoms with Crippen molar-refractivity contribution in [1.29, 1.82) is 0 Å². The lowest BCUT2D eigenvalue weighted by Gasteiger charge is -2.15. The van der Waals surface area contributed by atoms with E-state index in [1.807, 2.05) is 19.1 Å². The zero-order valence-corrected chi connectivity index (χ0v) is 16.9. The van der Waals surface area contributed by atoms with Gasteiger partial charge in [-0.1, -0.05) is 46.5 Å². The van der Waals surface area contributed by atoms with E-state index >= 15 is 0 Å². The number of aromatic hydroxyl groups is 1. The van der Waals surface area contributed by atoms with E-state index in [9.17, 15) is 19.8 Å². The number of hydrogen-bond donors (Lipinski definition) is 2. The summed E-state index contributed by atoms with van der Waals surface area (Å²) in [5, 5.41) is 19.8. The Labute approximate surface area is 162 Å². The Bertz CT molecular complexity index is 580. The van der Waals surface area contributed by atoms with Crippen LogP contribution in [0.4, 0.5) is 0 Å². The molecule has 0 aliphatic heterocycles. The Morgan fingerprint density at radius 1 is 0.963 bits per heavy atom. The number of aryl methyl sites for hydroxylation is 2. The van der Waals surface area contributed by atoms with Crippen LogP contribution in [0.15, 0.2) is 12.1 Å². The maximum Gasteiger partial charge on any atom is 0.320 e. The minimum absolute atomic E-state index is 0.0350. The van der Waals surface area contributed by atoms with Crippen LogP contribution < -0.4 is 0 Å². The Balaban J connectivity index is 2.90. The maximum absolute atomic E-state index is 12.2. The minimum Gasteiger partial charge on any atom is -0.507 e. The van der Waals surface area contributed by atoms with Gasteiger partial charge in [-0.3, -0.25) is 9.59 Å². The number of ether oxygens (including phenoxy) is 1. The molecule has 2 N–H and O–H groups in total. The molecule has 0 aliphatic rings. The number of carboxylic acid groups (broad SMARTS) is 1. The third kappa shape index (κ3) is 7.61. The average Bonchev–Trinajstić information content (AvgIpc) is 2.65. The summed E-state index contributed by atoms with van der Waals surface area (Å²) >= 11 is 0. The normalized spacial score (nSPS) is 12.0. The van der Waals surface area contributed by atoms with Crippen LogP contribution in [0.5, 0.6) is 5.75 Å². The van der Waals surface area contributed by atoms with Crippen molar-refractivity contribution in [2.45, 2.75) is 85.2 Å². The molecule has 152 valence electrons. The zero-order chi connectivity index (χ0) is 20.2. The molecule has 1 unspecified atom stereocenters. The molecule has 1 rings (SSSR count). The Morgan fingerprint density at radius 2 is 1.48 bits per heavy atom. The molecule has 5 heteroatoms. The second kappa shape index (κ2) is 12.4. The molecule has 0 saturated heterocycles. The molecule has 0 radical (unpaired) electrons. The Hall–Kier alpha value is -2.04. The molecule has 0 spiro atoms. The first-order chi connectivity index (χ1) is 12.9. The monoisotopic (exact) mass is 378 g/mol. The molecule has 0 aliphatic carbocycles. The quantitative estimate of drug-likeness (QED) is 0.372. The number of carboxylic acids is 1. The predicted molar refractivity (Wildman–Crippen MR) is 106 cm³/mol. The second-order valence-corrected chi connectivity index (χ2v) is 7.11. The van der Waals surface area contributed by atoms with Crippen LogP contribution in [0, 0.1) is 5.92 Å². The molecule has 5 nitrogen and oxygen atoms in total. The van der Waals surface area contributed by atoms with Gasteiger partial charge in [-0.05, 0) is 60.9 Å². The summed E-state index contributed by atoms with van der Waals surface area (Å²) < 4.78 is 5.31. The molecule has 1 aromatic rings. The first-order valence-electron chi connectivity index (χ1n) is 10.2. The first-order valence-corrected chi connectivity index (χ1v) is 10.2. The largest absolute Gasteiger partial charge is 0.507 e. The molecule has 27 heavy (non-hydrogen) atoms. The van der Waals surface area contributed by atoms with Crippen molar-refractivity contribution in [3.05, 3.63) is 28.8 Å². The smallest absolute Gasteiger partial charge is 0.320 e. The second-order valence-electron chi connectivity index (χ2n) is 7.11. The van der Waals surface area contributed by atoms with Gasteiger partial charge in [0.15, 0.2) is 5.92 Å². The van der Waals surface area contributed by atoms with Crippen LogP contribution in [-0.4, -0.2) is 22.2 Å². The number of rotatable bonds is 13. The number of aliphatic carboxylic acids is 1. The summed E-state index contributed by atoms with van der Waals surface area (Å²) in [5.41, 5.74) is 2.55. The van der Waals surface area contributed by atoms with E-state index < -0.39 is 17.9 Å². The van der Waals surface area contributed by atoms with Gasteiger partial charge in [-0.15, -0.1) is 0 Å². The topological polar surface area (TPSA) is 83.8 Å². The fourth-order valence-electron chi connectivity index (χ4n) is 3.04. The van der Waals surface area contributed by atoms with E-state index in [-0.39, 0.29) is 6.61 Å². The summed E-state index contributed by atoms with van der Waals surface area (Å²) in [7, 11) is 0. The number of unbranched alkanes of at least 4 members (excludes halogenated alkanes) is 3. The number of benzene rings is 1. The van der Waals surface area contributed by atoms with Gasteiger partial charge in [-0.2, -0.15) is 0 Å². The van der Waals surface area contributed by atoms with E-state index in [1.165, 1.54) is 0 Å². The molecule has 1 aromatic carbocycles. The molecular weight excluding hydrogens is 344 g/mol. The number of phenols is 1. The average molecular weight is 379 g/mol. The van der Waals surface area contributed by atoms with Crippen LogP contribution in [0.2, 0.25) is 0 Å². The summed E-state index contributed by atoms with van der Waals surface area (Å²) in [6, 6.07) is 3.74. The molecular formula is C22H34O5. The molecule has 0 heterocycles. The van der Waals surface area contributed by atoms with Gasteiger partial charge < -0.3 is 14.9 Å². The van der Waals surface area contributed by atoms with E-state index in [4.69, 9.17) is 4.74 Å². The van der Waals surface area contributed by atoms with E-state index in [0.717, 1.165) is 61.6 Å². The lowest BCUT2D eigenvalue weighted by Crippen LogP contribution is -2.25. The number of carbonyl (C=O) groups excluding carboxylic acids is 1. The highest BCUT2D eigenvalue weighted by Crippen LogP contribution is 2.28. The molecule has 0 fully saturated rings. The fourth-order valence-corrected chi connectivity index (χ4v) is 3.04. The summed E-state index contributed by atoms with van der Waals surface area (Å²) in [6.07, 6.45) is 7.36. The number of hydrogen-bond acceptors (Lipinski definition) is 4. The van der Waals surface area contributed by atoms with Crippen molar-refractivity contribution in [3.63, 3.8) is 0 Å². The lowest BCUT2D eigenvalue weighted by molar-refractivity contribution is -0.160. The number of esters is 1. The van der Waals surface area contributed by atoms with Crippen LogP contribution >= 0.6 is 0 Å². The van der Waals surface area contributed by atoms with Crippen LogP contribution in [-0.2, 0) is 33.8 Å². The Morgan fingerprint density at radius 3 is 1.93 bits per heavy atom. The summed E-state index contributed by atoms with van der Waals surface area (Å²) in [6.45, 7) is 6.19. The summed E-state index contributed by atoms with van der Waals surface area (Å²) in [5.74, 6) is -2.58. The van der Waals surface area contributed by atoms with Gasteiger partial charge in [0.1, 0.15) is 12.4 Å². The van der Waals surface area contributed by atoms with Gasteiger partial charge in [0.05, 0.1) is 0 Å². The van der Waals surface area contributed by atoms with Gasteiger partial charge in [-0.25, -0.2) is 0 Å². The maximum atomic E-state index is 12.2. The van der Waals surface area contributed by atoms with E-state index in [2.05, 4.69) is 13.8 Å². The third-order valence-electron chi connectivity index (χ3n) is 4.74. The highest BCUT2D eigenvalue weighted by atomic mass is 16.5. The highest BCUT2D eigenvalue weighted by Gasteiger charge is 2.27. The van der Waals surface area contributed by atoms with Gasteiger partial charge in [0.25, 0.3) is 0 Å². The van der Waals surface area contributed by atoms with Gasteiger partial charge >= 0.3 is 11.9 Å². The van der Waals surface area contributed by atoms with Crippen molar-refractivity contribution in [2.24, 2.45) is 5.92 Å². The Kier molecular flexibility index (Phi) is 10.5. The highest BCUT2D eigenvalue weighted by molar-refractivity contribution is 5.93. The van der Waals surface area contributed by atoms with Gasteiger partial charge in [0.2, 0.25) is 0 Å². The summed E-state index contributed by atoms with van der Waals surface area (Å²) in [4.78, 5) is 23.5. The van der Waals surface area contributed by atoms with Crippen LogP contribution in [0.25, 0.3) is 0 Å². The SMILES string of the molecule is CCCCc1cc(COC(=O)C(CCCC)C(=O)O)cc(CCCC)c1O. The molecule has 0 saturated carbocycles.